The minimum atomic E-state index is -0.00845. The van der Waals surface area contributed by atoms with Crippen LogP contribution >= 0.6 is 0 Å². The molecule has 2 aromatic carbocycles. The molecule has 0 spiro atoms. The highest BCUT2D eigenvalue weighted by molar-refractivity contribution is 6.11. The number of benzene rings is 2. The lowest BCUT2D eigenvalue weighted by molar-refractivity contribution is 0.103. The van der Waals surface area contributed by atoms with E-state index in [0.717, 1.165) is 12.2 Å². The van der Waals surface area contributed by atoms with Crippen molar-refractivity contribution in [3.63, 3.8) is 0 Å². The molecule has 0 amide bonds. The van der Waals surface area contributed by atoms with Gasteiger partial charge in [0.15, 0.2) is 5.78 Å². The molecule has 126 valence electrons. The standard InChI is InChI=1S/C21H24O3/c1-14-6-5-7-18(20(14)24-13-17-12-23-17)19(22)15-8-10-16(11-9-15)21(2,3)4/h5-11,17H,12-13H2,1-4H3. The molecule has 0 aromatic heterocycles. The Morgan fingerprint density at radius 3 is 2.42 bits per heavy atom. The maximum absolute atomic E-state index is 12.9. The number of rotatable bonds is 5. The molecule has 0 aliphatic carbocycles. The molecule has 1 heterocycles. The molecular formula is C21H24O3. The first kappa shape index (κ1) is 16.7. The second kappa shape index (κ2) is 6.40. The molecule has 1 aliphatic heterocycles. The third-order valence-electron chi connectivity index (χ3n) is 4.29. The average Bonchev–Trinajstić information content (AvgIpc) is 3.36. The Morgan fingerprint density at radius 1 is 1.17 bits per heavy atom. The average molecular weight is 324 g/mol. The predicted octanol–water partition coefficient (Wildman–Crippen LogP) is 4.30. The van der Waals surface area contributed by atoms with Crippen LogP contribution in [0.3, 0.4) is 0 Å². The fourth-order valence-corrected chi connectivity index (χ4v) is 2.64. The molecule has 2 aromatic rings. The number of aryl methyl sites for hydroxylation is 1. The van der Waals surface area contributed by atoms with E-state index in [1.165, 1.54) is 5.56 Å². The fourth-order valence-electron chi connectivity index (χ4n) is 2.64. The molecular weight excluding hydrogens is 300 g/mol. The molecule has 1 fully saturated rings. The zero-order chi connectivity index (χ0) is 17.3. The van der Waals surface area contributed by atoms with Crippen LogP contribution in [0.25, 0.3) is 0 Å². The van der Waals surface area contributed by atoms with Crippen LogP contribution in [0.15, 0.2) is 42.5 Å². The molecule has 1 atom stereocenters. The number of hydrogen-bond acceptors (Lipinski definition) is 3. The smallest absolute Gasteiger partial charge is 0.196 e. The fraction of sp³-hybridized carbons (Fsp3) is 0.381. The van der Waals surface area contributed by atoms with Crippen molar-refractivity contribution in [3.05, 3.63) is 64.7 Å². The first-order valence-electron chi connectivity index (χ1n) is 8.35. The molecule has 1 aliphatic rings. The van der Waals surface area contributed by atoms with E-state index in [2.05, 4.69) is 20.8 Å². The van der Waals surface area contributed by atoms with E-state index in [4.69, 9.17) is 9.47 Å². The minimum absolute atomic E-state index is 0.00845. The number of ketones is 1. The summed E-state index contributed by atoms with van der Waals surface area (Å²) < 4.78 is 11.1. The van der Waals surface area contributed by atoms with Crippen LogP contribution in [0.2, 0.25) is 0 Å². The van der Waals surface area contributed by atoms with E-state index in [9.17, 15) is 4.79 Å². The van der Waals surface area contributed by atoms with Gasteiger partial charge in [-0.2, -0.15) is 0 Å². The van der Waals surface area contributed by atoms with Crippen molar-refractivity contribution in [2.75, 3.05) is 13.2 Å². The lowest BCUT2D eigenvalue weighted by atomic mass is 9.86. The van der Waals surface area contributed by atoms with Crippen LogP contribution in [0, 0.1) is 6.92 Å². The summed E-state index contributed by atoms with van der Waals surface area (Å²) in [6, 6.07) is 13.5. The number of carbonyl (C=O) groups excluding carboxylic acids is 1. The van der Waals surface area contributed by atoms with E-state index in [-0.39, 0.29) is 17.3 Å². The summed E-state index contributed by atoms with van der Waals surface area (Å²) in [5, 5.41) is 0. The van der Waals surface area contributed by atoms with Crippen molar-refractivity contribution in [1.82, 2.24) is 0 Å². The summed E-state index contributed by atoms with van der Waals surface area (Å²) in [5.74, 6) is 0.656. The van der Waals surface area contributed by atoms with Gasteiger partial charge in [-0.1, -0.05) is 57.2 Å². The predicted molar refractivity (Wildman–Crippen MR) is 95.0 cm³/mol. The summed E-state index contributed by atoms with van der Waals surface area (Å²) in [6.07, 6.45) is 0.165. The highest BCUT2D eigenvalue weighted by atomic mass is 16.6. The Kier molecular flexibility index (Phi) is 4.46. The van der Waals surface area contributed by atoms with Crippen LogP contribution in [0.5, 0.6) is 5.75 Å². The highest BCUT2D eigenvalue weighted by Crippen LogP contribution is 2.28. The van der Waals surface area contributed by atoms with E-state index in [0.29, 0.717) is 23.5 Å². The zero-order valence-electron chi connectivity index (χ0n) is 14.8. The summed E-state index contributed by atoms with van der Waals surface area (Å²) >= 11 is 0. The third kappa shape index (κ3) is 3.68. The maximum atomic E-state index is 12.9. The number of para-hydroxylation sites is 1. The van der Waals surface area contributed by atoms with Crippen LogP contribution in [0.1, 0.15) is 47.8 Å². The van der Waals surface area contributed by atoms with Crippen molar-refractivity contribution in [2.24, 2.45) is 0 Å². The Bertz CT molecular complexity index is 735. The Hall–Kier alpha value is -2.13. The highest BCUT2D eigenvalue weighted by Gasteiger charge is 2.25. The van der Waals surface area contributed by atoms with E-state index in [1.807, 2.05) is 49.4 Å². The van der Waals surface area contributed by atoms with Gasteiger partial charge in [0.05, 0.1) is 12.2 Å². The van der Waals surface area contributed by atoms with Gasteiger partial charge in [0, 0.05) is 5.56 Å². The van der Waals surface area contributed by atoms with Gasteiger partial charge >= 0.3 is 0 Å². The molecule has 1 unspecified atom stereocenters. The largest absolute Gasteiger partial charge is 0.490 e. The molecule has 0 saturated carbocycles. The van der Waals surface area contributed by atoms with E-state index < -0.39 is 0 Å². The molecule has 0 radical (unpaired) electrons. The van der Waals surface area contributed by atoms with Gasteiger partial charge < -0.3 is 9.47 Å². The van der Waals surface area contributed by atoms with Crippen LogP contribution < -0.4 is 4.74 Å². The first-order chi connectivity index (χ1) is 11.4. The van der Waals surface area contributed by atoms with Gasteiger partial charge in [0.1, 0.15) is 18.5 Å². The molecule has 1 saturated heterocycles. The second-order valence-corrected chi connectivity index (χ2v) is 7.37. The Morgan fingerprint density at radius 2 is 1.83 bits per heavy atom. The maximum Gasteiger partial charge on any atom is 0.196 e. The number of ether oxygens (including phenoxy) is 2. The Labute approximate surface area is 143 Å². The Balaban J connectivity index is 1.87. The topological polar surface area (TPSA) is 38.8 Å². The van der Waals surface area contributed by atoms with Crippen molar-refractivity contribution < 1.29 is 14.3 Å². The van der Waals surface area contributed by atoms with Crippen molar-refractivity contribution in [1.29, 1.82) is 0 Å². The number of carbonyl (C=O) groups is 1. The SMILES string of the molecule is Cc1cccc(C(=O)c2ccc(C(C)(C)C)cc2)c1OCC1CO1. The van der Waals surface area contributed by atoms with Crippen LogP contribution in [-0.4, -0.2) is 25.1 Å². The van der Waals surface area contributed by atoms with Crippen molar-refractivity contribution in [3.8, 4) is 5.75 Å². The van der Waals surface area contributed by atoms with Gasteiger partial charge in [-0.3, -0.25) is 4.79 Å². The van der Waals surface area contributed by atoms with Crippen molar-refractivity contribution in [2.45, 2.75) is 39.2 Å². The summed E-state index contributed by atoms with van der Waals surface area (Å²) in [5.41, 5.74) is 3.54. The van der Waals surface area contributed by atoms with Gasteiger partial charge in [0.2, 0.25) is 0 Å². The van der Waals surface area contributed by atoms with Crippen LogP contribution in [-0.2, 0) is 10.2 Å². The zero-order valence-corrected chi connectivity index (χ0v) is 14.8. The molecule has 24 heavy (non-hydrogen) atoms. The summed E-state index contributed by atoms with van der Waals surface area (Å²) in [6.45, 7) is 9.68. The molecule has 3 heteroatoms. The van der Waals surface area contributed by atoms with Gasteiger partial charge in [-0.15, -0.1) is 0 Å². The molecule has 0 bridgehead atoms. The molecule has 3 rings (SSSR count). The van der Waals surface area contributed by atoms with E-state index in [1.54, 1.807) is 0 Å². The normalized spacial score (nSPS) is 16.8. The third-order valence-corrected chi connectivity index (χ3v) is 4.29. The summed E-state index contributed by atoms with van der Waals surface area (Å²) in [4.78, 5) is 12.9. The van der Waals surface area contributed by atoms with Gasteiger partial charge in [-0.05, 0) is 29.5 Å². The molecule has 0 N–H and O–H groups in total. The minimum Gasteiger partial charge on any atom is -0.490 e. The first-order valence-corrected chi connectivity index (χ1v) is 8.35. The van der Waals surface area contributed by atoms with Gasteiger partial charge in [0.25, 0.3) is 0 Å². The monoisotopic (exact) mass is 324 g/mol. The van der Waals surface area contributed by atoms with Crippen LogP contribution in [0.4, 0.5) is 0 Å². The lowest BCUT2D eigenvalue weighted by Crippen LogP contribution is -2.12. The lowest BCUT2D eigenvalue weighted by Gasteiger charge is -2.19. The molecule has 3 nitrogen and oxygen atoms in total. The van der Waals surface area contributed by atoms with E-state index >= 15 is 0 Å². The number of hydrogen-bond donors (Lipinski definition) is 0. The quantitative estimate of drug-likeness (QED) is 0.608. The van der Waals surface area contributed by atoms with Gasteiger partial charge in [-0.25, -0.2) is 0 Å². The van der Waals surface area contributed by atoms with Crippen molar-refractivity contribution >= 4 is 5.78 Å². The summed E-state index contributed by atoms with van der Waals surface area (Å²) in [7, 11) is 0. The second-order valence-electron chi connectivity index (χ2n) is 7.37. The number of epoxide rings is 1.